The Kier molecular flexibility index (Phi) is 5.88. The summed E-state index contributed by atoms with van der Waals surface area (Å²) in [6, 6.07) is 0. The number of alkyl halides is 1. The summed E-state index contributed by atoms with van der Waals surface area (Å²) < 4.78 is 0. The minimum atomic E-state index is 0.290. The first kappa shape index (κ1) is 12.3. The topological polar surface area (TPSA) is 12.0 Å². The van der Waals surface area contributed by atoms with Gasteiger partial charge in [0.25, 0.3) is 0 Å². The molecule has 1 unspecified atom stereocenters. The molecule has 0 bridgehead atoms. The molecule has 0 aromatic heterocycles. The Bertz CT molecular complexity index is 141. The van der Waals surface area contributed by atoms with Crippen LogP contribution < -0.4 is 5.32 Å². The van der Waals surface area contributed by atoms with Crippen molar-refractivity contribution in [2.75, 3.05) is 13.1 Å². The molecule has 1 aliphatic carbocycles. The molecule has 1 saturated carbocycles. The Balaban J connectivity index is 2.02. The van der Waals surface area contributed by atoms with Gasteiger partial charge in [0.05, 0.1) is 0 Å². The van der Waals surface area contributed by atoms with E-state index in [0.717, 1.165) is 12.5 Å². The molecule has 0 aliphatic heterocycles. The van der Waals surface area contributed by atoms with Crippen LogP contribution in [0.25, 0.3) is 0 Å². The second kappa shape index (κ2) is 6.68. The van der Waals surface area contributed by atoms with Crippen LogP contribution in [-0.2, 0) is 0 Å². The van der Waals surface area contributed by atoms with Crippen LogP contribution in [0.3, 0.4) is 0 Å². The van der Waals surface area contributed by atoms with E-state index in [1.807, 2.05) is 0 Å². The lowest BCUT2D eigenvalue weighted by Crippen LogP contribution is -2.31. The van der Waals surface area contributed by atoms with Crippen LogP contribution in [0.2, 0.25) is 0 Å². The molecule has 0 radical (unpaired) electrons. The lowest BCUT2D eigenvalue weighted by Gasteiger charge is -2.23. The number of hydrogen-bond acceptors (Lipinski definition) is 1. The third-order valence-electron chi connectivity index (χ3n) is 3.22. The highest BCUT2D eigenvalue weighted by Crippen LogP contribution is 2.22. The quantitative estimate of drug-likeness (QED) is 0.696. The lowest BCUT2D eigenvalue weighted by molar-refractivity contribution is 0.340. The van der Waals surface area contributed by atoms with Crippen LogP contribution >= 0.6 is 11.6 Å². The van der Waals surface area contributed by atoms with Gasteiger partial charge in [0.2, 0.25) is 0 Å². The van der Waals surface area contributed by atoms with Gasteiger partial charge in [-0.15, -0.1) is 11.6 Å². The molecule has 1 fully saturated rings. The van der Waals surface area contributed by atoms with Crippen molar-refractivity contribution >= 4 is 11.6 Å². The van der Waals surface area contributed by atoms with Crippen molar-refractivity contribution < 1.29 is 0 Å². The molecule has 1 rings (SSSR count). The third kappa shape index (κ3) is 4.65. The summed E-state index contributed by atoms with van der Waals surface area (Å²) in [5.41, 5.74) is 0. The Morgan fingerprint density at radius 1 is 1.21 bits per heavy atom. The average molecular weight is 218 g/mol. The monoisotopic (exact) mass is 217 g/mol. The fraction of sp³-hybridized carbons (Fsp3) is 1.00. The smallest absolute Gasteiger partial charge is 0.0483 e. The molecule has 1 aliphatic rings. The second-order valence-corrected chi connectivity index (χ2v) is 5.48. The van der Waals surface area contributed by atoms with E-state index in [1.165, 1.54) is 38.6 Å². The van der Waals surface area contributed by atoms with Crippen molar-refractivity contribution in [3.8, 4) is 0 Å². The van der Waals surface area contributed by atoms with Crippen molar-refractivity contribution in [2.24, 2.45) is 11.8 Å². The predicted octanol–water partition coefficient (Wildman–Crippen LogP) is 3.42. The minimum absolute atomic E-state index is 0.290. The van der Waals surface area contributed by atoms with Crippen LogP contribution in [-0.4, -0.2) is 18.5 Å². The predicted molar refractivity (Wildman–Crippen MR) is 63.9 cm³/mol. The first-order chi connectivity index (χ1) is 6.70. The molecular formula is C12H24ClN. The van der Waals surface area contributed by atoms with E-state index >= 15 is 0 Å². The van der Waals surface area contributed by atoms with Gasteiger partial charge in [0.15, 0.2) is 0 Å². The van der Waals surface area contributed by atoms with Gasteiger partial charge in [0.1, 0.15) is 0 Å². The largest absolute Gasteiger partial charge is 0.315 e. The number of nitrogens with one attached hydrogen (secondary N) is 1. The second-order valence-electron chi connectivity index (χ2n) is 4.92. The van der Waals surface area contributed by atoms with Gasteiger partial charge >= 0.3 is 0 Å². The Morgan fingerprint density at radius 2 is 1.86 bits per heavy atom. The van der Waals surface area contributed by atoms with Crippen molar-refractivity contribution in [1.82, 2.24) is 5.32 Å². The van der Waals surface area contributed by atoms with Gasteiger partial charge in [-0.25, -0.2) is 0 Å². The van der Waals surface area contributed by atoms with E-state index in [2.05, 4.69) is 19.2 Å². The summed E-state index contributed by atoms with van der Waals surface area (Å²) in [5, 5.41) is 3.79. The molecule has 84 valence electrons. The highest BCUT2D eigenvalue weighted by atomic mass is 35.5. The van der Waals surface area contributed by atoms with Gasteiger partial charge in [-0.3, -0.25) is 0 Å². The van der Waals surface area contributed by atoms with E-state index in [0.29, 0.717) is 11.3 Å². The molecule has 1 atom stereocenters. The number of hydrogen-bond donors (Lipinski definition) is 1. The van der Waals surface area contributed by atoms with Crippen LogP contribution in [0.15, 0.2) is 0 Å². The van der Waals surface area contributed by atoms with E-state index in [1.54, 1.807) is 0 Å². The summed E-state index contributed by atoms with van der Waals surface area (Å²) in [6.07, 6.45) is 7.14. The van der Waals surface area contributed by atoms with Crippen LogP contribution in [0.4, 0.5) is 0 Å². The van der Waals surface area contributed by atoms with Gasteiger partial charge in [-0.05, 0) is 31.2 Å². The van der Waals surface area contributed by atoms with Crippen molar-refractivity contribution in [3.63, 3.8) is 0 Å². The van der Waals surface area contributed by atoms with E-state index < -0.39 is 0 Å². The van der Waals surface area contributed by atoms with Crippen LogP contribution in [0, 0.1) is 11.8 Å². The maximum Gasteiger partial charge on any atom is 0.0483 e. The average Bonchev–Trinajstić information content (AvgIpc) is 2.19. The molecule has 0 amide bonds. The molecular weight excluding hydrogens is 194 g/mol. The molecule has 14 heavy (non-hydrogen) atoms. The van der Waals surface area contributed by atoms with Gasteiger partial charge in [0, 0.05) is 11.9 Å². The van der Waals surface area contributed by atoms with Gasteiger partial charge < -0.3 is 5.32 Å². The maximum absolute atomic E-state index is 6.17. The fourth-order valence-electron chi connectivity index (χ4n) is 2.05. The standard InChI is InChI=1S/C12H24ClN/c1-10(2)12(13)9-14-8-11-6-4-3-5-7-11/h10-12,14H,3-9H2,1-2H3. The highest BCUT2D eigenvalue weighted by Gasteiger charge is 2.14. The molecule has 0 heterocycles. The van der Waals surface area contributed by atoms with Crippen molar-refractivity contribution in [3.05, 3.63) is 0 Å². The Hall–Kier alpha value is 0.250. The van der Waals surface area contributed by atoms with Crippen LogP contribution in [0.1, 0.15) is 46.0 Å². The maximum atomic E-state index is 6.17. The molecule has 0 aromatic carbocycles. The molecule has 1 N–H and O–H groups in total. The SMILES string of the molecule is CC(C)C(Cl)CNCC1CCCCC1. The van der Waals surface area contributed by atoms with Gasteiger partial charge in [-0.1, -0.05) is 33.1 Å². The van der Waals surface area contributed by atoms with Crippen molar-refractivity contribution in [1.29, 1.82) is 0 Å². The lowest BCUT2D eigenvalue weighted by atomic mass is 9.89. The minimum Gasteiger partial charge on any atom is -0.315 e. The van der Waals surface area contributed by atoms with Crippen molar-refractivity contribution in [2.45, 2.75) is 51.3 Å². The zero-order valence-electron chi connectivity index (χ0n) is 9.56. The fourth-order valence-corrected chi connectivity index (χ4v) is 2.16. The normalized spacial score (nSPS) is 21.4. The zero-order chi connectivity index (χ0) is 10.4. The summed E-state index contributed by atoms with van der Waals surface area (Å²) >= 11 is 6.17. The summed E-state index contributed by atoms with van der Waals surface area (Å²) in [7, 11) is 0. The van der Waals surface area contributed by atoms with Gasteiger partial charge in [-0.2, -0.15) is 0 Å². The summed E-state index contributed by atoms with van der Waals surface area (Å²) in [4.78, 5) is 0. The Morgan fingerprint density at radius 3 is 2.43 bits per heavy atom. The molecule has 2 heteroatoms. The first-order valence-electron chi connectivity index (χ1n) is 6.05. The number of rotatable bonds is 5. The first-order valence-corrected chi connectivity index (χ1v) is 6.48. The summed E-state index contributed by atoms with van der Waals surface area (Å²) in [5.74, 6) is 1.50. The number of halogens is 1. The molecule has 0 saturated heterocycles. The van der Waals surface area contributed by atoms with E-state index in [9.17, 15) is 0 Å². The molecule has 0 spiro atoms. The highest BCUT2D eigenvalue weighted by molar-refractivity contribution is 6.20. The van der Waals surface area contributed by atoms with E-state index in [4.69, 9.17) is 11.6 Å². The summed E-state index contributed by atoms with van der Waals surface area (Å²) in [6.45, 7) is 6.51. The third-order valence-corrected chi connectivity index (χ3v) is 3.88. The van der Waals surface area contributed by atoms with Crippen LogP contribution in [0.5, 0.6) is 0 Å². The Labute approximate surface area is 93.6 Å². The molecule has 1 nitrogen and oxygen atoms in total. The van der Waals surface area contributed by atoms with E-state index in [-0.39, 0.29) is 0 Å². The zero-order valence-corrected chi connectivity index (χ0v) is 10.3. The molecule has 0 aromatic rings.